The van der Waals surface area contributed by atoms with Crippen molar-refractivity contribution in [2.24, 2.45) is 0 Å². The standard InChI is InChI=1S/C20H23ClN2O2/c1-25-19-5-3-2-4-17(19)18-14-22-12-13-23(18)20(24)11-8-15-6-9-16(21)10-7-15/h2-7,9-10,18,22H,8,11-14H2,1H3. The van der Waals surface area contributed by atoms with Crippen molar-refractivity contribution in [3.63, 3.8) is 0 Å². The van der Waals surface area contributed by atoms with Crippen molar-refractivity contribution in [1.82, 2.24) is 10.2 Å². The molecule has 1 fully saturated rings. The number of hydrogen-bond acceptors (Lipinski definition) is 3. The average molecular weight is 359 g/mol. The highest BCUT2D eigenvalue weighted by Gasteiger charge is 2.29. The van der Waals surface area contributed by atoms with Crippen LogP contribution in [0.3, 0.4) is 0 Å². The molecule has 1 N–H and O–H groups in total. The van der Waals surface area contributed by atoms with Crippen molar-refractivity contribution in [3.05, 3.63) is 64.7 Å². The van der Waals surface area contributed by atoms with Crippen LogP contribution in [0.5, 0.6) is 5.75 Å². The minimum atomic E-state index is 0.00242. The van der Waals surface area contributed by atoms with Gasteiger partial charge in [-0.25, -0.2) is 0 Å². The summed E-state index contributed by atoms with van der Waals surface area (Å²) in [6.07, 6.45) is 1.21. The van der Waals surface area contributed by atoms with E-state index in [9.17, 15) is 4.79 Å². The number of nitrogens with one attached hydrogen (secondary N) is 1. The number of ether oxygens (including phenoxy) is 1. The zero-order chi connectivity index (χ0) is 17.6. The molecule has 0 aliphatic carbocycles. The molecule has 3 rings (SSSR count). The molecule has 1 unspecified atom stereocenters. The number of aryl methyl sites for hydroxylation is 1. The SMILES string of the molecule is COc1ccccc1C1CNCCN1C(=O)CCc1ccc(Cl)cc1. The Labute approximate surface area is 153 Å². The lowest BCUT2D eigenvalue weighted by Gasteiger charge is -2.37. The zero-order valence-electron chi connectivity index (χ0n) is 14.4. The van der Waals surface area contributed by atoms with Crippen LogP contribution in [0, 0.1) is 0 Å². The fourth-order valence-electron chi connectivity index (χ4n) is 3.27. The van der Waals surface area contributed by atoms with Gasteiger partial charge in [0.05, 0.1) is 13.2 Å². The van der Waals surface area contributed by atoms with Gasteiger partial charge in [-0.15, -0.1) is 0 Å². The first kappa shape index (κ1) is 17.8. The van der Waals surface area contributed by atoms with Gasteiger partial charge in [0.15, 0.2) is 0 Å². The molecule has 5 heteroatoms. The first-order chi connectivity index (χ1) is 12.2. The lowest BCUT2D eigenvalue weighted by Crippen LogP contribution is -2.48. The molecule has 2 aromatic rings. The Hall–Kier alpha value is -2.04. The third-order valence-electron chi connectivity index (χ3n) is 4.60. The summed E-state index contributed by atoms with van der Waals surface area (Å²) in [5.74, 6) is 0.999. The highest BCUT2D eigenvalue weighted by atomic mass is 35.5. The molecule has 25 heavy (non-hydrogen) atoms. The molecule has 0 radical (unpaired) electrons. The number of benzene rings is 2. The minimum Gasteiger partial charge on any atom is -0.496 e. The fraction of sp³-hybridized carbons (Fsp3) is 0.350. The predicted octanol–water partition coefficient (Wildman–Crippen LogP) is 3.45. The van der Waals surface area contributed by atoms with E-state index in [1.807, 2.05) is 53.4 Å². The topological polar surface area (TPSA) is 41.6 Å². The number of methoxy groups -OCH3 is 1. The first-order valence-electron chi connectivity index (χ1n) is 8.56. The van der Waals surface area contributed by atoms with E-state index in [0.29, 0.717) is 18.0 Å². The molecular weight excluding hydrogens is 336 g/mol. The maximum atomic E-state index is 12.9. The second-order valence-corrected chi connectivity index (χ2v) is 6.61. The number of nitrogens with zero attached hydrogens (tertiary/aromatic N) is 1. The number of amides is 1. The number of piperazine rings is 1. The summed E-state index contributed by atoms with van der Waals surface area (Å²) in [5, 5.41) is 4.10. The molecular formula is C20H23ClN2O2. The molecule has 0 saturated carbocycles. The molecule has 4 nitrogen and oxygen atoms in total. The van der Waals surface area contributed by atoms with Crippen LogP contribution in [0.2, 0.25) is 5.02 Å². The normalized spacial score (nSPS) is 17.4. The maximum Gasteiger partial charge on any atom is 0.223 e. The smallest absolute Gasteiger partial charge is 0.223 e. The lowest BCUT2D eigenvalue weighted by atomic mass is 10.0. The molecule has 1 aliphatic heterocycles. The van der Waals surface area contributed by atoms with Crippen molar-refractivity contribution < 1.29 is 9.53 Å². The predicted molar refractivity (Wildman–Crippen MR) is 100 cm³/mol. The number of hydrogen-bond donors (Lipinski definition) is 1. The minimum absolute atomic E-state index is 0.00242. The Kier molecular flexibility index (Phi) is 5.95. The van der Waals surface area contributed by atoms with Gasteiger partial charge in [-0.1, -0.05) is 41.9 Å². The summed E-state index contributed by atoms with van der Waals surface area (Å²) in [6, 6.07) is 15.6. The van der Waals surface area contributed by atoms with Crippen molar-refractivity contribution in [2.75, 3.05) is 26.7 Å². The third kappa shape index (κ3) is 4.33. The molecule has 0 aromatic heterocycles. The van der Waals surface area contributed by atoms with Crippen LogP contribution in [-0.2, 0) is 11.2 Å². The van der Waals surface area contributed by atoms with Crippen molar-refractivity contribution in [2.45, 2.75) is 18.9 Å². The summed E-state index contributed by atoms with van der Waals surface area (Å²) in [6.45, 7) is 2.27. The summed E-state index contributed by atoms with van der Waals surface area (Å²) in [7, 11) is 1.67. The molecule has 1 amide bonds. The second-order valence-electron chi connectivity index (χ2n) is 6.18. The maximum absolute atomic E-state index is 12.9. The van der Waals surface area contributed by atoms with Crippen LogP contribution in [0.4, 0.5) is 0 Å². The average Bonchev–Trinajstić information content (AvgIpc) is 2.67. The Balaban J connectivity index is 1.71. The molecule has 132 valence electrons. The monoisotopic (exact) mass is 358 g/mol. The van der Waals surface area contributed by atoms with E-state index in [-0.39, 0.29) is 11.9 Å². The fourth-order valence-corrected chi connectivity index (χ4v) is 3.39. The lowest BCUT2D eigenvalue weighted by molar-refractivity contribution is -0.134. The number of carbonyl (C=O) groups excluding carboxylic acids is 1. The van der Waals surface area contributed by atoms with Gasteiger partial charge in [-0.3, -0.25) is 4.79 Å². The number of para-hydroxylation sites is 1. The molecule has 1 aliphatic rings. The highest BCUT2D eigenvalue weighted by Crippen LogP contribution is 2.30. The zero-order valence-corrected chi connectivity index (χ0v) is 15.1. The Morgan fingerprint density at radius 2 is 2.00 bits per heavy atom. The summed E-state index contributed by atoms with van der Waals surface area (Å²) in [5.41, 5.74) is 2.18. The van der Waals surface area contributed by atoms with Gasteiger partial charge in [0.1, 0.15) is 5.75 Å². The van der Waals surface area contributed by atoms with Crippen LogP contribution in [0.1, 0.15) is 23.6 Å². The van der Waals surface area contributed by atoms with Gasteiger partial charge in [-0.2, -0.15) is 0 Å². The van der Waals surface area contributed by atoms with Gasteiger partial charge in [-0.05, 0) is 30.2 Å². The highest BCUT2D eigenvalue weighted by molar-refractivity contribution is 6.30. The molecule has 1 heterocycles. The molecule has 2 aromatic carbocycles. The van der Waals surface area contributed by atoms with Gasteiger partial charge >= 0.3 is 0 Å². The Bertz CT molecular complexity index is 718. The van der Waals surface area contributed by atoms with Crippen LogP contribution in [0.15, 0.2) is 48.5 Å². The van der Waals surface area contributed by atoms with Crippen molar-refractivity contribution in [3.8, 4) is 5.75 Å². The molecule has 1 atom stereocenters. The van der Waals surface area contributed by atoms with E-state index in [4.69, 9.17) is 16.3 Å². The number of halogens is 1. The molecule has 0 bridgehead atoms. The van der Waals surface area contributed by atoms with E-state index < -0.39 is 0 Å². The number of carbonyl (C=O) groups is 1. The van der Waals surface area contributed by atoms with Crippen LogP contribution >= 0.6 is 11.6 Å². The summed E-state index contributed by atoms with van der Waals surface area (Å²) in [4.78, 5) is 14.8. The van der Waals surface area contributed by atoms with Gasteiger partial charge in [0.2, 0.25) is 5.91 Å². The Morgan fingerprint density at radius 3 is 2.76 bits per heavy atom. The van der Waals surface area contributed by atoms with E-state index in [0.717, 1.165) is 36.4 Å². The molecule has 1 saturated heterocycles. The van der Waals surface area contributed by atoms with Crippen LogP contribution < -0.4 is 10.1 Å². The van der Waals surface area contributed by atoms with Crippen molar-refractivity contribution >= 4 is 17.5 Å². The second kappa shape index (κ2) is 8.37. The van der Waals surface area contributed by atoms with E-state index in [1.54, 1.807) is 7.11 Å². The summed E-state index contributed by atoms with van der Waals surface area (Å²) >= 11 is 5.92. The van der Waals surface area contributed by atoms with Crippen LogP contribution in [0.25, 0.3) is 0 Å². The number of rotatable bonds is 5. The third-order valence-corrected chi connectivity index (χ3v) is 4.85. The quantitative estimate of drug-likeness (QED) is 0.890. The van der Waals surface area contributed by atoms with E-state index in [2.05, 4.69) is 5.32 Å². The Morgan fingerprint density at radius 1 is 1.24 bits per heavy atom. The van der Waals surface area contributed by atoms with Crippen LogP contribution in [-0.4, -0.2) is 37.6 Å². The first-order valence-corrected chi connectivity index (χ1v) is 8.94. The summed E-state index contributed by atoms with van der Waals surface area (Å²) < 4.78 is 5.49. The van der Waals surface area contributed by atoms with E-state index in [1.165, 1.54) is 0 Å². The van der Waals surface area contributed by atoms with E-state index >= 15 is 0 Å². The van der Waals surface area contributed by atoms with Gasteiger partial charge in [0, 0.05) is 36.6 Å². The molecule has 0 spiro atoms. The van der Waals surface area contributed by atoms with Crippen molar-refractivity contribution in [1.29, 1.82) is 0 Å². The largest absolute Gasteiger partial charge is 0.496 e. The van der Waals surface area contributed by atoms with Gasteiger partial charge in [0.25, 0.3) is 0 Å². The van der Waals surface area contributed by atoms with Gasteiger partial charge < -0.3 is 15.0 Å².